The van der Waals surface area contributed by atoms with Gasteiger partial charge in [0.2, 0.25) is 5.95 Å². The first-order valence-electron chi connectivity index (χ1n) is 9.60. The number of hydrogen-bond donors (Lipinski definition) is 0. The number of fused-ring (bicyclic) bond motifs is 1. The molecule has 6 heteroatoms. The van der Waals surface area contributed by atoms with Gasteiger partial charge in [0.05, 0.1) is 24.1 Å². The molecule has 0 bridgehead atoms. The largest absolute Gasteiger partial charge is 0.497 e. The zero-order chi connectivity index (χ0) is 19.0. The Morgan fingerprint density at radius 3 is 2.33 bits per heavy atom. The van der Waals surface area contributed by atoms with E-state index in [0.717, 1.165) is 61.2 Å². The number of methoxy groups -OCH3 is 1. The molecule has 4 rings (SSSR count). The van der Waals surface area contributed by atoms with E-state index in [1.807, 2.05) is 19.1 Å². The van der Waals surface area contributed by atoms with Crippen molar-refractivity contribution in [2.75, 3.05) is 43.1 Å². The quantitative estimate of drug-likeness (QED) is 0.833. The Balaban J connectivity index is 1.49. The number of carbonyl (C=O) groups excluding carboxylic acids is 1. The van der Waals surface area contributed by atoms with Gasteiger partial charge in [0, 0.05) is 38.3 Å². The predicted molar refractivity (Wildman–Crippen MR) is 106 cm³/mol. The van der Waals surface area contributed by atoms with Crippen molar-refractivity contribution >= 4 is 17.4 Å². The Labute approximate surface area is 160 Å². The third-order valence-electron chi connectivity index (χ3n) is 5.51. The number of Topliss-reactive ketones (excluding diaryl/α,β-unsaturated/α-hetero) is 1. The van der Waals surface area contributed by atoms with Crippen molar-refractivity contribution in [3.63, 3.8) is 0 Å². The van der Waals surface area contributed by atoms with Gasteiger partial charge in [0.1, 0.15) is 5.75 Å². The highest BCUT2D eigenvalue weighted by atomic mass is 16.5. The number of benzene rings is 1. The van der Waals surface area contributed by atoms with Gasteiger partial charge in [0.15, 0.2) is 5.78 Å². The Kier molecular flexibility index (Phi) is 4.72. The maximum atomic E-state index is 12.3. The highest BCUT2D eigenvalue weighted by Gasteiger charge is 2.28. The maximum absolute atomic E-state index is 12.3. The molecule has 1 saturated heterocycles. The van der Waals surface area contributed by atoms with Crippen molar-refractivity contribution in [3.8, 4) is 5.75 Å². The fourth-order valence-corrected chi connectivity index (χ4v) is 4.05. The first-order chi connectivity index (χ1) is 13.0. The minimum absolute atomic E-state index is 0.192. The topological polar surface area (TPSA) is 58.6 Å². The number of piperazine rings is 1. The number of hydrogen-bond acceptors (Lipinski definition) is 6. The van der Waals surface area contributed by atoms with Crippen LogP contribution in [0.25, 0.3) is 0 Å². The first-order valence-corrected chi connectivity index (χ1v) is 9.60. The zero-order valence-corrected chi connectivity index (χ0v) is 16.2. The summed E-state index contributed by atoms with van der Waals surface area (Å²) in [5.41, 5.74) is 3.72. The van der Waals surface area contributed by atoms with Gasteiger partial charge in [-0.25, -0.2) is 9.97 Å². The Morgan fingerprint density at radius 1 is 1.00 bits per heavy atom. The summed E-state index contributed by atoms with van der Waals surface area (Å²) in [5.74, 6) is 2.19. The summed E-state index contributed by atoms with van der Waals surface area (Å²) in [5, 5.41) is 0. The molecule has 1 aliphatic heterocycles. The normalized spacial score (nSPS) is 19.8. The number of nitrogens with zero attached hydrogens (tertiary/aromatic N) is 4. The van der Waals surface area contributed by atoms with E-state index in [1.54, 1.807) is 7.11 Å². The molecule has 0 amide bonds. The molecule has 0 saturated carbocycles. The van der Waals surface area contributed by atoms with E-state index < -0.39 is 0 Å². The van der Waals surface area contributed by atoms with Gasteiger partial charge < -0.3 is 14.5 Å². The lowest BCUT2D eigenvalue weighted by molar-refractivity contribution is 0.0951. The highest BCUT2D eigenvalue weighted by Crippen LogP contribution is 2.28. The summed E-state index contributed by atoms with van der Waals surface area (Å²) in [6, 6.07) is 8.19. The van der Waals surface area contributed by atoms with Gasteiger partial charge in [-0.05, 0) is 43.5 Å². The number of aryl methyl sites for hydroxylation is 1. The van der Waals surface area contributed by atoms with E-state index in [1.165, 1.54) is 5.69 Å². The molecule has 2 aromatic rings. The zero-order valence-electron chi connectivity index (χ0n) is 16.2. The van der Waals surface area contributed by atoms with Gasteiger partial charge >= 0.3 is 0 Å². The van der Waals surface area contributed by atoms with Crippen molar-refractivity contribution in [1.82, 2.24) is 9.97 Å². The molecule has 27 heavy (non-hydrogen) atoms. The molecule has 1 aromatic carbocycles. The van der Waals surface area contributed by atoms with Gasteiger partial charge in [0.25, 0.3) is 0 Å². The number of aromatic nitrogens is 2. The summed E-state index contributed by atoms with van der Waals surface area (Å²) in [6.07, 6.45) is 1.47. The molecule has 1 atom stereocenters. The van der Waals surface area contributed by atoms with Crippen molar-refractivity contribution in [2.24, 2.45) is 5.92 Å². The van der Waals surface area contributed by atoms with Gasteiger partial charge in [-0.15, -0.1) is 0 Å². The van der Waals surface area contributed by atoms with Gasteiger partial charge in [-0.1, -0.05) is 6.92 Å². The Hall–Kier alpha value is -2.63. The Morgan fingerprint density at radius 2 is 1.67 bits per heavy atom. The van der Waals surface area contributed by atoms with Gasteiger partial charge in [-0.2, -0.15) is 0 Å². The molecule has 0 unspecified atom stereocenters. The average Bonchev–Trinajstić information content (AvgIpc) is 2.67. The standard InChI is InChI=1S/C21H26N4O2/c1-14-12-18-20(19(26)13-14)15(2)22-21(23-18)25-10-8-24(9-11-25)16-4-6-17(27-3)7-5-16/h4-7,14H,8-13H2,1-3H3/t14-/m0/s1. The smallest absolute Gasteiger partial charge is 0.225 e. The second kappa shape index (κ2) is 7.18. The summed E-state index contributed by atoms with van der Waals surface area (Å²) in [4.78, 5) is 26.4. The maximum Gasteiger partial charge on any atom is 0.225 e. The third-order valence-corrected chi connectivity index (χ3v) is 5.51. The second-order valence-corrected chi connectivity index (χ2v) is 7.54. The van der Waals surface area contributed by atoms with Crippen LogP contribution in [0.15, 0.2) is 24.3 Å². The molecule has 0 radical (unpaired) electrons. The van der Waals surface area contributed by atoms with E-state index >= 15 is 0 Å². The lowest BCUT2D eigenvalue weighted by atomic mass is 9.86. The van der Waals surface area contributed by atoms with Crippen LogP contribution in [-0.2, 0) is 6.42 Å². The highest BCUT2D eigenvalue weighted by molar-refractivity contribution is 5.99. The lowest BCUT2D eigenvalue weighted by Gasteiger charge is -2.36. The van der Waals surface area contributed by atoms with Crippen LogP contribution in [0.3, 0.4) is 0 Å². The van der Waals surface area contributed by atoms with Gasteiger partial charge in [-0.3, -0.25) is 4.79 Å². The molecule has 1 aromatic heterocycles. The van der Waals surface area contributed by atoms with Crippen LogP contribution in [0.5, 0.6) is 5.75 Å². The summed E-state index contributed by atoms with van der Waals surface area (Å²) in [6.45, 7) is 7.63. The molecule has 2 heterocycles. The lowest BCUT2D eigenvalue weighted by Crippen LogP contribution is -2.47. The second-order valence-electron chi connectivity index (χ2n) is 7.54. The van der Waals surface area contributed by atoms with Crippen LogP contribution in [0.1, 0.15) is 35.1 Å². The Bertz CT molecular complexity index is 842. The fraction of sp³-hybridized carbons (Fsp3) is 0.476. The van der Waals surface area contributed by atoms with E-state index in [0.29, 0.717) is 12.3 Å². The van der Waals surface area contributed by atoms with E-state index in [2.05, 4.69) is 33.8 Å². The molecule has 1 aliphatic carbocycles. The number of ketones is 1. The van der Waals surface area contributed by atoms with Crippen LogP contribution in [-0.4, -0.2) is 49.0 Å². The molecule has 0 N–H and O–H groups in total. The summed E-state index contributed by atoms with van der Waals surface area (Å²) < 4.78 is 5.24. The summed E-state index contributed by atoms with van der Waals surface area (Å²) >= 11 is 0. The van der Waals surface area contributed by atoms with Crippen molar-refractivity contribution in [2.45, 2.75) is 26.7 Å². The number of anilines is 2. The van der Waals surface area contributed by atoms with Crippen molar-refractivity contribution in [1.29, 1.82) is 0 Å². The average molecular weight is 366 g/mol. The monoisotopic (exact) mass is 366 g/mol. The minimum atomic E-state index is 0.192. The molecule has 142 valence electrons. The minimum Gasteiger partial charge on any atom is -0.497 e. The van der Waals surface area contributed by atoms with E-state index in [4.69, 9.17) is 9.72 Å². The molecule has 6 nitrogen and oxygen atoms in total. The van der Waals surface area contributed by atoms with E-state index in [9.17, 15) is 4.79 Å². The number of carbonyl (C=O) groups is 1. The van der Waals surface area contributed by atoms with E-state index in [-0.39, 0.29) is 5.78 Å². The molecule has 1 fully saturated rings. The molecular formula is C21H26N4O2. The fourth-order valence-electron chi connectivity index (χ4n) is 4.05. The number of ether oxygens (including phenoxy) is 1. The van der Waals surface area contributed by atoms with Crippen LogP contribution in [0, 0.1) is 12.8 Å². The van der Waals surface area contributed by atoms with Crippen molar-refractivity contribution < 1.29 is 9.53 Å². The van der Waals surface area contributed by atoms with Crippen LogP contribution < -0.4 is 14.5 Å². The SMILES string of the molecule is COc1ccc(N2CCN(c3nc(C)c4c(n3)C[C@H](C)CC4=O)CC2)cc1. The number of rotatable bonds is 3. The molecular weight excluding hydrogens is 340 g/mol. The predicted octanol–water partition coefficient (Wildman–Crippen LogP) is 2.89. The molecule has 0 spiro atoms. The summed E-state index contributed by atoms with van der Waals surface area (Å²) in [7, 11) is 1.68. The van der Waals surface area contributed by atoms with Crippen molar-refractivity contribution in [3.05, 3.63) is 41.2 Å². The van der Waals surface area contributed by atoms with Crippen LogP contribution in [0.2, 0.25) is 0 Å². The molecule has 2 aliphatic rings. The third kappa shape index (κ3) is 3.48. The van der Waals surface area contributed by atoms with Crippen LogP contribution >= 0.6 is 0 Å². The first kappa shape index (κ1) is 17.8. The van der Waals surface area contributed by atoms with Crippen LogP contribution in [0.4, 0.5) is 11.6 Å².